The molecular weight excluding hydrogens is 294 g/mol. The molecule has 0 spiro atoms. The second kappa shape index (κ2) is 8.64. The Kier molecular flexibility index (Phi) is 6.55. The van der Waals surface area contributed by atoms with Gasteiger partial charge in [-0.2, -0.15) is 0 Å². The average Bonchev–Trinajstić information content (AvgIpc) is 2.55. The molecule has 2 rings (SSSR count). The number of likely N-dealkylation sites (tertiary alicyclic amines) is 1. The molecule has 1 heterocycles. The van der Waals surface area contributed by atoms with Crippen LogP contribution in [0, 0.1) is 5.92 Å². The molecule has 3 N–H and O–H groups in total. The first-order valence-electron chi connectivity index (χ1n) is 7.94. The highest BCUT2D eigenvalue weighted by Gasteiger charge is 2.24. The zero-order chi connectivity index (χ0) is 16.7. The molecule has 1 fully saturated rings. The number of ether oxygens (including phenoxy) is 1. The number of piperidine rings is 1. The van der Waals surface area contributed by atoms with E-state index < -0.39 is 0 Å². The van der Waals surface area contributed by atoms with Crippen LogP contribution in [0.4, 0.5) is 0 Å². The van der Waals surface area contributed by atoms with E-state index in [4.69, 9.17) is 10.5 Å². The number of nitrogens with one attached hydrogen (secondary N) is 1. The van der Waals surface area contributed by atoms with Gasteiger partial charge in [-0.05, 0) is 37.1 Å². The number of carbonyl (C=O) groups is 2. The normalized spacial score (nSPS) is 16.2. The van der Waals surface area contributed by atoms with Gasteiger partial charge in [-0.25, -0.2) is 0 Å². The molecule has 1 aliphatic rings. The van der Waals surface area contributed by atoms with Gasteiger partial charge in [0, 0.05) is 19.6 Å². The number of carbonyl (C=O) groups excluding carboxylic acids is 2. The summed E-state index contributed by atoms with van der Waals surface area (Å²) in [4.78, 5) is 25.3. The van der Waals surface area contributed by atoms with Gasteiger partial charge in [0.05, 0.1) is 13.2 Å². The molecule has 0 radical (unpaired) electrons. The Morgan fingerprint density at radius 3 is 2.52 bits per heavy atom. The maximum absolute atomic E-state index is 12.1. The van der Waals surface area contributed by atoms with E-state index in [1.54, 1.807) is 7.11 Å². The van der Waals surface area contributed by atoms with Crippen LogP contribution in [0.25, 0.3) is 0 Å². The molecule has 0 bridgehead atoms. The molecule has 1 aliphatic heterocycles. The van der Waals surface area contributed by atoms with Crippen molar-refractivity contribution in [1.29, 1.82) is 0 Å². The molecule has 0 aromatic heterocycles. The molecule has 1 aromatic carbocycles. The fraction of sp³-hybridized carbons (Fsp3) is 0.529. The Labute approximate surface area is 137 Å². The minimum Gasteiger partial charge on any atom is -0.380 e. The minimum absolute atomic E-state index is 0.00487. The van der Waals surface area contributed by atoms with Crippen molar-refractivity contribution in [3.8, 4) is 0 Å². The fourth-order valence-corrected chi connectivity index (χ4v) is 2.85. The van der Waals surface area contributed by atoms with Gasteiger partial charge in [0.1, 0.15) is 0 Å². The molecule has 0 saturated carbocycles. The maximum Gasteiger partial charge on any atom is 0.234 e. The van der Waals surface area contributed by atoms with Crippen molar-refractivity contribution in [3.05, 3.63) is 35.4 Å². The third-order valence-corrected chi connectivity index (χ3v) is 4.25. The third-order valence-electron chi connectivity index (χ3n) is 4.25. The molecule has 1 saturated heterocycles. The quantitative estimate of drug-likeness (QED) is 0.773. The zero-order valence-electron chi connectivity index (χ0n) is 13.6. The molecule has 0 atom stereocenters. The zero-order valence-corrected chi connectivity index (χ0v) is 13.6. The van der Waals surface area contributed by atoms with Crippen molar-refractivity contribution in [1.82, 2.24) is 10.2 Å². The highest BCUT2D eigenvalue weighted by atomic mass is 16.5. The van der Waals surface area contributed by atoms with Crippen LogP contribution in [-0.4, -0.2) is 43.5 Å². The number of hydrogen-bond donors (Lipinski definition) is 2. The van der Waals surface area contributed by atoms with Gasteiger partial charge in [0.2, 0.25) is 11.8 Å². The van der Waals surface area contributed by atoms with Gasteiger partial charge in [-0.1, -0.05) is 24.3 Å². The van der Waals surface area contributed by atoms with Gasteiger partial charge < -0.3 is 15.8 Å². The van der Waals surface area contributed by atoms with E-state index in [0.29, 0.717) is 19.7 Å². The largest absolute Gasteiger partial charge is 0.380 e. The summed E-state index contributed by atoms with van der Waals surface area (Å²) in [5.74, 6) is -0.283. The number of nitrogens with zero attached hydrogens (tertiary/aromatic N) is 1. The van der Waals surface area contributed by atoms with Crippen LogP contribution in [0.15, 0.2) is 24.3 Å². The molecule has 0 unspecified atom stereocenters. The smallest absolute Gasteiger partial charge is 0.234 e. The lowest BCUT2D eigenvalue weighted by Gasteiger charge is -2.29. The highest BCUT2D eigenvalue weighted by molar-refractivity contribution is 5.78. The molecule has 6 heteroatoms. The van der Waals surface area contributed by atoms with Gasteiger partial charge in [0.25, 0.3) is 0 Å². The van der Waals surface area contributed by atoms with Gasteiger partial charge in [0.15, 0.2) is 0 Å². The summed E-state index contributed by atoms with van der Waals surface area (Å²) in [5, 5.41) is 2.95. The number of benzene rings is 1. The van der Waals surface area contributed by atoms with E-state index >= 15 is 0 Å². The van der Waals surface area contributed by atoms with E-state index in [0.717, 1.165) is 37.1 Å². The van der Waals surface area contributed by atoms with Crippen molar-refractivity contribution in [2.24, 2.45) is 11.7 Å². The predicted molar refractivity (Wildman–Crippen MR) is 87.4 cm³/mol. The second-order valence-electron chi connectivity index (χ2n) is 5.93. The highest BCUT2D eigenvalue weighted by Crippen LogP contribution is 2.16. The van der Waals surface area contributed by atoms with Crippen molar-refractivity contribution < 1.29 is 14.3 Å². The topological polar surface area (TPSA) is 84.7 Å². The van der Waals surface area contributed by atoms with Crippen LogP contribution in [0.3, 0.4) is 0 Å². The lowest BCUT2D eigenvalue weighted by atomic mass is 9.96. The van der Waals surface area contributed by atoms with Crippen LogP contribution in [0.1, 0.15) is 24.0 Å². The fourth-order valence-electron chi connectivity index (χ4n) is 2.85. The Balaban J connectivity index is 1.77. The first-order valence-corrected chi connectivity index (χ1v) is 7.94. The van der Waals surface area contributed by atoms with Crippen LogP contribution in [0.2, 0.25) is 0 Å². The van der Waals surface area contributed by atoms with E-state index in [2.05, 4.69) is 10.2 Å². The van der Waals surface area contributed by atoms with Crippen molar-refractivity contribution >= 4 is 11.8 Å². The summed E-state index contributed by atoms with van der Waals surface area (Å²) in [5.41, 5.74) is 7.46. The Morgan fingerprint density at radius 1 is 1.26 bits per heavy atom. The molecule has 1 aromatic rings. The standard InChI is InChI=1S/C17H25N3O3/c1-23-12-15-5-3-2-4-14(15)10-19-16(21)11-20-8-6-13(7-9-20)17(18)22/h2-5,13H,6-12H2,1H3,(H2,18,22)(H,19,21). The lowest BCUT2D eigenvalue weighted by Crippen LogP contribution is -2.43. The summed E-state index contributed by atoms with van der Waals surface area (Å²) in [6.45, 7) is 2.86. The first-order chi connectivity index (χ1) is 11.1. The van der Waals surface area contributed by atoms with Crippen LogP contribution >= 0.6 is 0 Å². The number of nitrogens with two attached hydrogens (primary N) is 1. The SMILES string of the molecule is COCc1ccccc1CNC(=O)CN1CCC(C(N)=O)CC1. The number of primary amides is 1. The average molecular weight is 319 g/mol. The first kappa shape index (κ1) is 17.4. The summed E-state index contributed by atoms with van der Waals surface area (Å²) < 4.78 is 5.17. The van der Waals surface area contributed by atoms with Crippen LogP contribution in [0.5, 0.6) is 0 Å². The maximum atomic E-state index is 12.1. The summed E-state index contributed by atoms with van der Waals surface area (Å²) in [7, 11) is 1.66. The molecule has 0 aliphatic carbocycles. The number of hydrogen-bond acceptors (Lipinski definition) is 4. The van der Waals surface area contributed by atoms with Crippen molar-refractivity contribution in [3.63, 3.8) is 0 Å². The van der Waals surface area contributed by atoms with Crippen molar-refractivity contribution in [2.45, 2.75) is 26.0 Å². The molecule has 6 nitrogen and oxygen atoms in total. The molecule has 23 heavy (non-hydrogen) atoms. The second-order valence-corrected chi connectivity index (χ2v) is 5.93. The number of methoxy groups -OCH3 is 1. The lowest BCUT2D eigenvalue weighted by molar-refractivity contribution is -0.124. The van der Waals surface area contributed by atoms with Crippen LogP contribution < -0.4 is 11.1 Å². The van der Waals surface area contributed by atoms with Crippen LogP contribution in [-0.2, 0) is 27.5 Å². The minimum atomic E-state index is -0.233. The summed E-state index contributed by atoms with van der Waals surface area (Å²) in [6.07, 6.45) is 1.47. The monoisotopic (exact) mass is 319 g/mol. The van der Waals surface area contributed by atoms with E-state index in [1.165, 1.54) is 0 Å². The summed E-state index contributed by atoms with van der Waals surface area (Å²) in [6, 6.07) is 7.91. The van der Waals surface area contributed by atoms with E-state index in [9.17, 15) is 9.59 Å². The number of amides is 2. The summed E-state index contributed by atoms with van der Waals surface area (Å²) >= 11 is 0. The Bertz CT molecular complexity index is 540. The van der Waals surface area contributed by atoms with Gasteiger partial charge in [-0.3, -0.25) is 14.5 Å². The molecule has 2 amide bonds. The predicted octanol–water partition coefficient (Wildman–Crippen LogP) is 0.647. The molecular formula is C17H25N3O3. The third kappa shape index (κ3) is 5.33. The number of rotatable bonds is 7. The van der Waals surface area contributed by atoms with Crippen molar-refractivity contribution in [2.75, 3.05) is 26.7 Å². The van der Waals surface area contributed by atoms with Gasteiger partial charge in [-0.15, -0.1) is 0 Å². The van der Waals surface area contributed by atoms with E-state index in [1.807, 2.05) is 24.3 Å². The van der Waals surface area contributed by atoms with Gasteiger partial charge >= 0.3 is 0 Å². The Hall–Kier alpha value is -1.92. The van der Waals surface area contributed by atoms with E-state index in [-0.39, 0.29) is 17.7 Å². The molecule has 126 valence electrons. The Morgan fingerprint density at radius 2 is 1.91 bits per heavy atom.